The van der Waals surface area contributed by atoms with E-state index in [1.54, 1.807) is 0 Å². The summed E-state index contributed by atoms with van der Waals surface area (Å²) < 4.78 is 5.71. The zero-order valence-electron chi connectivity index (χ0n) is 11.9. The third-order valence-electron chi connectivity index (χ3n) is 3.12. The van der Waals surface area contributed by atoms with Crippen LogP contribution < -0.4 is 4.74 Å². The summed E-state index contributed by atoms with van der Waals surface area (Å²) in [7, 11) is -0.140. The van der Waals surface area contributed by atoms with Crippen LogP contribution in [-0.4, -0.2) is 17.4 Å². The van der Waals surface area contributed by atoms with Gasteiger partial charge in [-0.1, -0.05) is 29.4 Å². The first-order valence-corrected chi connectivity index (χ1v) is 10.9. The van der Waals surface area contributed by atoms with E-state index in [0.29, 0.717) is 12.2 Å². The number of Topliss-reactive ketones (excluding diaryl/α,β-unsaturated/α-hetero) is 1. The summed E-state index contributed by atoms with van der Waals surface area (Å²) in [4.78, 5) is 12.3. The van der Waals surface area contributed by atoms with E-state index in [2.05, 4.69) is 65.1 Å². The van der Waals surface area contributed by atoms with Crippen molar-refractivity contribution in [2.75, 3.05) is 0 Å². The van der Waals surface area contributed by atoms with Gasteiger partial charge in [0.2, 0.25) is 0 Å². The third-order valence-corrected chi connectivity index (χ3v) is 5.68. The van der Waals surface area contributed by atoms with E-state index >= 15 is 0 Å². The molecule has 110 valence electrons. The van der Waals surface area contributed by atoms with Gasteiger partial charge in [-0.05, 0) is 77.6 Å². The zero-order chi connectivity index (χ0) is 15.0. The van der Waals surface area contributed by atoms with Gasteiger partial charge in [0.25, 0.3) is 0 Å². The van der Waals surface area contributed by atoms with Gasteiger partial charge in [0.1, 0.15) is 5.75 Å². The molecule has 0 bridgehead atoms. The van der Waals surface area contributed by atoms with Gasteiger partial charge in [0.05, 0.1) is 5.56 Å². The number of hydrogen-bond donors (Lipinski definition) is 0. The minimum atomic E-state index is -0.140. The number of benzene rings is 1. The molecule has 0 amide bonds. The summed E-state index contributed by atoms with van der Waals surface area (Å²) in [5, 5.41) is 1.53. The van der Waals surface area contributed by atoms with Crippen molar-refractivity contribution in [1.29, 1.82) is 0 Å². The lowest BCUT2D eigenvalue weighted by molar-refractivity contribution is 0.0978. The minimum Gasteiger partial charge on any atom is -0.470 e. The largest absolute Gasteiger partial charge is 0.470 e. The van der Waals surface area contributed by atoms with Crippen molar-refractivity contribution < 1.29 is 9.53 Å². The van der Waals surface area contributed by atoms with Gasteiger partial charge in [-0.3, -0.25) is 4.79 Å². The SMILES string of the molecule is CC=C(C)[SiH2]CCCC(=O)c1ccccc1OC(I)I. The summed E-state index contributed by atoms with van der Waals surface area (Å²) in [5.41, 5.74) is 0.718. The molecule has 0 aliphatic heterocycles. The molecule has 0 N–H and O–H groups in total. The molecule has 0 fully saturated rings. The van der Waals surface area contributed by atoms with Crippen LogP contribution in [0.3, 0.4) is 0 Å². The van der Waals surface area contributed by atoms with Crippen LogP contribution >= 0.6 is 45.2 Å². The molecule has 0 aliphatic rings. The molecule has 0 saturated carbocycles. The van der Waals surface area contributed by atoms with E-state index in [4.69, 9.17) is 4.74 Å². The lowest BCUT2D eigenvalue weighted by atomic mass is 10.1. The van der Waals surface area contributed by atoms with Gasteiger partial charge in [-0.15, -0.1) is 0 Å². The monoisotopic (exact) mass is 514 g/mol. The first-order valence-electron chi connectivity index (χ1n) is 6.73. The van der Waals surface area contributed by atoms with Gasteiger partial charge in [-0.2, -0.15) is 0 Å². The maximum atomic E-state index is 12.3. The van der Waals surface area contributed by atoms with Crippen molar-refractivity contribution in [1.82, 2.24) is 0 Å². The third kappa shape index (κ3) is 6.71. The van der Waals surface area contributed by atoms with E-state index in [-0.39, 0.29) is 17.4 Å². The van der Waals surface area contributed by atoms with Gasteiger partial charge in [0, 0.05) is 15.9 Å². The maximum Gasteiger partial charge on any atom is 0.199 e. The number of ether oxygens (including phenoxy) is 1. The summed E-state index contributed by atoms with van der Waals surface area (Å²) in [6.07, 6.45) is 3.80. The highest BCUT2D eigenvalue weighted by Gasteiger charge is 2.13. The van der Waals surface area contributed by atoms with Gasteiger partial charge < -0.3 is 4.74 Å². The molecule has 0 radical (unpaired) electrons. The highest BCUT2D eigenvalue weighted by atomic mass is 127. The Bertz CT molecular complexity index is 473. The Morgan fingerprint density at radius 2 is 2.10 bits per heavy atom. The Morgan fingerprint density at radius 3 is 2.75 bits per heavy atom. The van der Waals surface area contributed by atoms with E-state index in [1.165, 1.54) is 11.2 Å². The molecule has 0 atom stereocenters. The number of carbonyl (C=O) groups excluding carboxylic acids is 1. The highest BCUT2D eigenvalue weighted by molar-refractivity contribution is 14.2. The normalized spacial score (nSPS) is 12.3. The summed E-state index contributed by atoms with van der Waals surface area (Å²) >= 11 is 4.37. The molecule has 1 aromatic rings. The summed E-state index contributed by atoms with van der Waals surface area (Å²) in [6, 6.07) is 8.74. The summed E-state index contributed by atoms with van der Waals surface area (Å²) in [5.74, 6) is 0.898. The molecule has 5 heteroatoms. The number of alkyl halides is 2. The van der Waals surface area contributed by atoms with Crippen molar-refractivity contribution in [3.05, 3.63) is 41.1 Å². The quantitative estimate of drug-likeness (QED) is 0.166. The van der Waals surface area contributed by atoms with Crippen LogP contribution in [0.1, 0.15) is 37.0 Å². The predicted octanol–water partition coefficient (Wildman–Crippen LogP) is 4.69. The molecule has 0 spiro atoms. The second kappa shape index (κ2) is 9.94. The molecule has 1 aromatic carbocycles. The Balaban J connectivity index is 2.55. The van der Waals surface area contributed by atoms with E-state index in [1.807, 2.05) is 24.3 Å². The molecule has 0 saturated heterocycles. The molecular formula is C15H20I2O2Si. The van der Waals surface area contributed by atoms with Crippen molar-refractivity contribution in [2.24, 2.45) is 0 Å². The lowest BCUT2D eigenvalue weighted by Crippen LogP contribution is -2.06. The van der Waals surface area contributed by atoms with Crippen LogP contribution in [0, 0.1) is 0 Å². The Hall–Kier alpha value is 0.107. The van der Waals surface area contributed by atoms with Crippen LogP contribution in [0.5, 0.6) is 5.75 Å². The van der Waals surface area contributed by atoms with Gasteiger partial charge in [0.15, 0.2) is 7.90 Å². The smallest absolute Gasteiger partial charge is 0.199 e. The Labute approximate surface area is 150 Å². The fraction of sp³-hybridized carbons (Fsp3) is 0.400. The first-order chi connectivity index (χ1) is 9.54. The van der Waals surface area contributed by atoms with Crippen molar-refractivity contribution in [3.8, 4) is 5.75 Å². The van der Waals surface area contributed by atoms with Crippen LogP contribution in [0.15, 0.2) is 35.5 Å². The van der Waals surface area contributed by atoms with Gasteiger partial charge in [-0.25, -0.2) is 0 Å². The molecule has 1 rings (SSSR count). The Morgan fingerprint density at radius 1 is 1.40 bits per heavy atom. The number of rotatable bonds is 8. The van der Waals surface area contributed by atoms with Crippen LogP contribution in [-0.2, 0) is 0 Å². The zero-order valence-corrected chi connectivity index (χ0v) is 17.6. The second-order valence-corrected chi connectivity index (χ2v) is 11.6. The molecule has 0 aromatic heterocycles. The Kier molecular flexibility index (Phi) is 9.02. The number of allylic oxidation sites excluding steroid dienone is 2. The maximum absolute atomic E-state index is 12.3. The number of hydrogen-bond acceptors (Lipinski definition) is 2. The minimum absolute atomic E-state index is 0.0314. The molecule has 2 nitrogen and oxygen atoms in total. The predicted molar refractivity (Wildman–Crippen MR) is 105 cm³/mol. The van der Waals surface area contributed by atoms with Gasteiger partial charge >= 0.3 is 0 Å². The summed E-state index contributed by atoms with van der Waals surface area (Å²) in [6.45, 7) is 4.28. The van der Waals surface area contributed by atoms with E-state index < -0.39 is 0 Å². The first kappa shape index (κ1) is 18.2. The average molecular weight is 514 g/mol. The molecule has 0 unspecified atom stereocenters. The fourth-order valence-electron chi connectivity index (χ4n) is 1.86. The topological polar surface area (TPSA) is 26.3 Å². The standard InChI is InChI=1S/C15H20I2O2Si/c1-3-11(2)20-10-6-8-13(18)12-7-4-5-9-14(12)19-15(16)17/h3-5,7,9,15H,6,8,10,20H2,1-2H3. The van der Waals surface area contributed by atoms with E-state index in [0.717, 1.165) is 12.0 Å². The van der Waals surface area contributed by atoms with Crippen molar-refractivity contribution in [2.45, 2.75) is 34.9 Å². The molecule has 0 heterocycles. The molecule has 20 heavy (non-hydrogen) atoms. The van der Waals surface area contributed by atoms with Crippen LogP contribution in [0.4, 0.5) is 0 Å². The van der Waals surface area contributed by atoms with Crippen LogP contribution in [0.25, 0.3) is 0 Å². The second-order valence-electron chi connectivity index (χ2n) is 4.64. The number of para-hydroxylation sites is 1. The molecular weight excluding hydrogens is 494 g/mol. The van der Waals surface area contributed by atoms with E-state index in [9.17, 15) is 4.79 Å². The van der Waals surface area contributed by atoms with Crippen LogP contribution in [0.2, 0.25) is 6.04 Å². The average Bonchev–Trinajstić information content (AvgIpc) is 2.43. The number of halogens is 2. The number of carbonyl (C=O) groups is 1. The lowest BCUT2D eigenvalue weighted by Gasteiger charge is -2.11. The molecule has 0 aliphatic carbocycles. The number of ketones is 1. The van der Waals surface area contributed by atoms with Crippen molar-refractivity contribution >= 4 is 60.5 Å². The van der Waals surface area contributed by atoms with Crippen molar-refractivity contribution in [3.63, 3.8) is 0 Å². The highest BCUT2D eigenvalue weighted by Crippen LogP contribution is 2.25. The fourth-order valence-corrected chi connectivity index (χ4v) is 3.76.